The van der Waals surface area contributed by atoms with E-state index < -0.39 is 0 Å². The van der Waals surface area contributed by atoms with Crippen molar-refractivity contribution >= 4 is 5.82 Å². The summed E-state index contributed by atoms with van der Waals surface area (Å²) < 4.78 is 5.03. The summed E-state index contributed by atoms with van der Waals surface area (Å²) in [4.78, 5) is 8.32. The first-order valence-electron chi connectivity index (χ1n) is 5.68. The Balaban J connectivity index is 2.01. The van der Waals surface area contributed by atoms with E-state index >= 15 is 0 Å². The Morgan fingerprint density at radius 3 is 2.94 bits per heavy atom. The fraction of sp³-hybridized carbons (Fsp3) is 0.636. The molecule has 0 spiro atoms. The van der Waals surface area contributed by atoms with Crippen LogP contribution in [0.4, 0.5) is 5.82 Å². The van der Waals surface area contributed by atoms with Crippen LogP contribution in [0.5, 0.6) is 5.88 Å². The van der Waals surface area contributed by atoms with E-state index in [0.717, 1.165) is 18.7 Å². The molecule has 0 aliphatic heterocycles. The largest absolute Gasteiger partial charge is 0.480 e. The molecular weight excluding hydrogens is 204 g/mol. The van der Waals surface area contributed by atoms with Crippen LogP contribution in [-0.4, -0.2) is 29.2 Å². The monoisotopic (exact) mass is 222 g/mol. The summed E-state index contributed by atoms with van der Waals surface area (Å²) in [6, 6.07) is 0.511. The van der Waals surface area contributed by atoms with Crippen LogP contribution in [0.15, 0.2) is 12.4 Å². The van der Waals surface area contributed by atoms with Gasteiger partial charge in [0, 0.05) is 12.1 Å². The molecule has 1 saturated carbocycles. The molecule has 1 aromatic rings. The smallest absolute Gasteiger partial charge is 0.233 e. The average molecular weight is 222 g/mol. The molecule has 0 saturated heterocycles. The normalized spacial score (nSPS) is 25.1. The number of hydrogen-bond acceptors (Lipinski definition) is 5. The number of nitrogens with zero attached hydrogens (tertiary/aromatic N) is 2. The summed E-state index contributed by atoms with van der Waals surface area (Å²) in [5.41, 5.74) is 6.06. The van der Waals surface area contributed by atoms with Gasteiger partial charge in [0.15, 0.2) is 0 Å². The van der Waals surface area contributed by atoms with E-state index in [0.29, 0.717) is 11.9 Å². The van der Waals surface area contributed by atoms with E-state index in [9.17, 15) is 0 Å². The molecule has 3 N–H and O–H groups in total. The third-order valence-corrected chi connectivity index (χ3v) is 2.97. The molecule has 0 amide bonds. The molecule has 16 heavy (non-hydrogen) atoms. The van der Waals surface area contributed by atoms with E-state index in [1.165, 1.54) is 12.8 Å². The van der Waals surface area contributed by atoms with Crippen LogP contribution in [0.3, 0.4) is 0 Å². The molecule has 1 aliphatic carbocycles. The Morgan fingerprint density at radius 1 is 1.38 bits per heavy atom. The average Bonchev–Trinajstić information content (AvgIpc) is 2.32. The number of nitrogens with two attached hydrogens (primary N) is 1. The van der Waals surface area contributed by atoms with Gasteiger partial charge in [-0.25, -0.2) is 0 Å². The van der Waals surface area contributed by atoms with E-state index in [4.69, 9.17) is 10.5 Å². The van der Waals surface area contributed by atoms with Gasteiger partial charge in [-0.15, -0.1) is 0 Å². The molecule has 5 nitrogen and oxygen atoms in total. The van der Waals surface area contributed by atoms with E-state index in [2.05, 4.69) is 15.3 Å². The first-order chi connectivity index (χ1) is 7.79. The Labute approximate surface area is 95.4 Å². The minimum absolute atomic E-state index is 0.210. The number of hydrogen-bond donors (Lipinski definition) is 2. The molecule has 1 heterocycles. The summed E-state index contributed by atoms with van der Waals surface area (Å²) in [5.74, 6) is 1.26. The predicted molar refractivity (Wildman–Crippen MR) is 62.4 cm³/mol. The minimum atomic E-state index is 0.210. The van der Waals surface area contributed by atoms with Gasteiger partial charge < -0.3 is 15.8 Å². The second-order valence-electron chi connectivity index (χ2n) is 4.15. The highest BCUT2D eigenvalue weighted by Gasteiger charge is 2.21. The fourth-order valence-electron chi connectivity index (χ4n) is 2.04. The first kappa shape index (κ1) is 11.1. The van der Waals surface area contributed by atoms with Gasteiger partial charge in [0.25, 0.3) is 0 Å². The molecule has 2 atom stereocenters. The van der Waals surface area contributed by atoms with Gasteiger partial charge in [-0.05, 0) is 12.8 Å². The van der Waals surface area contributed by atoms with Gasteiger partial charge in [-0.2, -0.15) is 4.98 Å². The van der Waals surface area contributed by atoms with E-state index in [1.54, 1.807) is 19.5 Å². The number of aromatic nitrogens is 2. The summed E-state index contributed by atoms with van der Waals surface area (Å²) in [6.07, 6.45) is 7.91. The number of ether oxygens (including phenoxy) is 1. The van der Waals surface area contributed by atoms with Crippen molar-refractivity contribution < 1.29 is 4.74 Å². The zero-order chi connectivity index (χ0) is 11.4. The van der Waals surface area contributed by atoms with E-state index in [-0.39, 0.29) is 6.04 Å². The standard InChI is InChI=1S/C11H18N4O/c1-16-11-7-13-6-10(15-11)14-9-5-3-2-4-8(9)12/h6-9H,2-5,12H2,1H3,(H,14,15)/t8-,9-/m1/s1. The van der Waals surface area contributed by atoms with Crippen LogP contribution < -0.4 is 15.8 Å². The van der Waals surface area contributed by atoms with E-state index in [1.807, 2.05) is 0 Å². The zero-order valence-electron chi connectivity index (χ0n) is 9.52. The maximum absolute atomic E-state index is 6.06. The van der Waals surface area contributed by atoms with Gasteiger partial charge in [-0.1, -0.05) is 12.8 Å². The molecule has 5 heteroatoms. The molecule has 88 valence electrons. The summed E-state index contributed by atoms with van der Waals surface area (Å²) in [7, 11) is 1.58. The van der Waals surface area contributed by atoms with Crippen molar-refractivity contribution in [2.75, 3.05) is 12.4 Å². The molecule has 0 bridgehead atoms. The van der Waals surface area contributed by atoms with Gasteiger partial charge in [0.05, 0.1) is 19.5 Å². The fourth-order valence-corrected chi connectivity index (χ4v) is 2.04. The second kappa shape index (κ2) is 5.12. The maximum Gasteiger partial charge on any atom is 0.233 e. The van der Waals surface area contributed by atoms with Crippen LogP contribution in [0, 0.1) is 0 Å². The molecule has 0 aromatic carbocycles. The van der Waals surface area contributed by atoms with Gasteiger partial charge >= 0.3 is 0 Å². The molecule has 1 fully saturated rings. The third kappa shape index (κ3) is 2.61. The highest BCUT2D eigenvalue weighted by atomic mass is 16.5. The Hall–Kier alpha value is -1.36. The Morgan fingerprint density at radius 2 is 2.19 bits per heavy atom. The van der Waals surface area contributed by atoms with Crippen molar-refractivity contribution in [2.45, 2.75) is 37.8 Å². The zero-order valence-corrected chi connectivity index (χ0v) is 9.52. The molecule has 1 aromatic heterocycles. The van der Waals surface area contributed by atoms with Crippen molar-refractivity contribution in [3.63, 3.8) is 0 Å². The minimum Gasteiger partial charge on any atom is -0.480 e. The lowest BCUT2D eigenvalue weighted by Crippen LogP contribution is -2.42. The lowest BCUT2D eigenvalue weighted by Gasteiger charge is -2.29. The number of nitrogens with one attached hydrogen (secondary N) is 1. The highest BCUT2D eigenvalue weighted by Crippen LogP contribution is 2.20. The van der Waals surface area contributed by atoms with Crippen molar-refractivity contribution in [2.24, 2.45) is 5.73 Å². The summed E-state index contributed by atoms with van der Waals surface area (Å²) >= 11 is 0. The molecule has 2 rings (SSSR count). The Kier molecular flexibility index (Phi) is 3.56. The topological polar surface area (TPSA) is 73.1 Å². The summed E-state index contributed by atoms with van der Waals surface area (Å²) in [5, 5.41) is 3.33. The summed E-state index contributed by atoms with van der Waals surface area (Å²) in [6.45, 7) is 0. The quantitative estimate of drug-likeness (QED) is 0.803. The SMILES string of the molecule is COc1cncc(N[C@@H]2CCCC[C@H]2N)n1. The number of rotatable bonds is 3. The van der Waals surface area contributed by atoms with Crippen molar-refractivity contribution in [1.29, 1.82) is 0 Å². The van der Waals surface area contributed by atoms with Crippen LogP contribution in [0.25, 0.3) is 0 Å². The Bertz CT molecular complexity index is 345. The highest BCUT2D eigenvalue weighted by molar-refractivity contribution is 5.35. The van der Waals surface area contributed by atoms with Crippen molar-refractivity contribution in [1.82, 2.24) is 9.97 Å². The van der Waals surface area contributed by atoms with Crippen molar-refractivity contribution in [3.8, 4) is 5.88 Å². The third-order valence-electron chi connectivity index (χ3n) is 2.97. The van der Waals surface area contributed by atoms with Gasteiger partial charge in [0.1, 0.15) is 5.82 Å². The number of anilines is 1. The number of methoxy groups -OCH3 is 1. The van der Waals surface area contributed by atoms with Crippen molar-refractivity contribution in [3.05, 3.63) is 12.4 Å². The van der Waals surface area contributed by atoms with Gasteiger partial charge in [-0.3, -0.25) is 4.98 Å². The molecule has 1 aliphatic rings. The van der Waals surface area contributed by atoms with Crippen LogP contribution in [0.1, 0.15) is 25.7 Å². The molecular formula is C11H18N4O. The molecule has 0 unspecified atom stereocenters. The molecule has 0 radical (unpaired) electrons. The lowest BCUT2D eigenvalue weighted by atomic mass is 9.91. The van der Waals surface area contributed by atoms with Crippen LogP contribution in [0.2, 0.25) is 0 Å². The van der Waals surface area contributed by atoms with Gasteiger partial charge in [0.2, 0.25) is 5.88 Å². The maximum atomic E-state index is 6.06. The first-order valence-corrected chi connectivity index (χ1v) is 5.68. The van der Waals surface area contributed by atoms with Crippen LogP contribution >= 0.6 is 0 Å². The van der Waals surface area contributed by atoms with Crippen LogP contribution in [-0.2, 0) is 0 Å². The lowest BCUT2D eigenvalue weighted by molar-refractivity contribution is 0.391. The second-order valence-corrected chi connectivity index (χ2v) is 4.15. The predicted octanol–water partition coefficient (Wildman–Crippen LogP) is 1.17.